The first-order chi connectivity index (χ1) is 13.1. The van der Waals surface area contributed by atoms with Crippen LogP contribution in [-0.2, 0) is 11.3 Å². The Hall–Kier alpha value is -2.34. The van der Waals surface area contributed by atoms with Gasteiger partial charge in [0.05, 0.1) is 18.8 Å². The van der Waals surface area contributed by atoms with Crippen LogP contribution in [-0.4, -0.2) is 51.6 Å². The summed E-state index contributed by atoms with van der Waals surface area (Å²) in [6, 6.07) is 10.4. The van der Waals surface area contributed by atoms with E-state index in [1.54, 1.807) is 7.11 Å². The van der Waals surface area contributed by atoms with Gasteiger partial charge in [-0.1, -0.05) is 12.1 Å². The number of carbonyl (C=O) groups is 1. The fraction of sp³-hybridized carbons (Fsp3) is 0.524. The van der Waals surface area contributed by atoms with Gasteiger partial charge in [-0.15, -0.1) is 0 Å². The predicted octanol–water partition coefficient (Wildman–Crippen LogP) is 2.66. The number of hydrogen-bond donors (Lipinski definition) is 1. The summed E-state index contributed by atoms with van der Waals surface area (Å²) in [6.07, 6.45) is 3.10. The van der Waals surface area contributed by atoms with Gasteiger partial charge in [0.1, 0.15) is 11.3 Å². The molecule has 3 fully saturated rings. The van der Waals surface area contributed by atoms with Crippen molar-refractivity contribution in [2.75, 3.05) is 20.2 Å². The largest absolute Gasteiger partial charge is 0.497 e. The molecule has 142 valence electrons. The van der Waals surface area contributed by atoms with Crippen LogP contribution in [0.5, 0.6) is 5.75 Å². The van der Waals surface area contributed by atoms with Gasteiger partial charge in [0.25, 0.3) is 0 Å². The number of H-pyrrole nitrogens is 1. The summed E-state index contributed by atoms with van der Waals surface area (Å²) < 4.78 is 5.24. The summed E-state index contributed by atoms with van der Waals surface area (Å²) in [5.74, 6) is 1.56. The third-order valence-electron chi connectivity index (χ3n) is 6.73. The van der Waals surface area contributed by atoms with E-state index >= 15 is 0 Å². The molecule has 5 rings (SSSR count). The summed E-state index contributed by atoms with van der Waals surface area (Å²) >= 11 is 0. The van der Waals surface area contributed by atoms with E-state index in [-0.39, 0.29) is 11.6 Å². The van der Waals surface area contributed by atoms with E-state index in [4.69, 9.17) is 4.74 Å². The van der Waals surface area contributed by atoms with Crippen molar-refractivity contribution in [3.05, 3.63) is 47.3 Å². The summed E-state index contributed by atoms with van der Waals surface area (Å²) in [7, 11) is 1.67. The molecule has 2 aromatic rings. The number of aromatic amines is 1. The van der Waals surface area contributed by atoms with Crippen molar-refractivity contribution in [2.24, 2.45) is 5.92 Å². The fourth-order valence-electron chi connectivity index (χ4n) is 5.56. The maximum absolute atomic E-state index is 13.5. The first kappa shape index (κ1) is 16.8. The van der Waals surface area contributed by atoms with Gasteiger partial charge in [-0.05, 0) is 56.5 Å². The van der Waals surface area contributed by atoms with Crippen LogP contribution >= 0.6 is 0 Å². The second-order valence-electron chi connectivity index (χ2n) is 8.18. The Morgan fingerprint density at radius 1 is 1.33 bits per heavy atom. The first-order valence-corrected chi connectivity index (χ1v) is 9.83. The molecule has 3 aliphatic rings. The standard InChI is InChI=1S/C21H26N4O2/c1-14-10-18(23-22-14)19-11-16-13-24(12-15-4-6-17(27-2)7-5-15)20(26)21(16)8-3-9-25(19)21/h4-7,10,16,19H,3,8-9,11-13H2,1-2H3,(H,22,23)/t16-,19-,21-/m0/s1. The zero-order chi connectivity index (χ0) is 18.6. The minimum Gasteiger partial charge on any atom is -0.497 e. The number of aryl methyl sites for hydroxylation is 1. The number of nitrogens with zero attached hydrogens (tertiary/aromatic N) is 3. The van der Waals surface area contributed by atoms with Crippen LogP contribution in [0.4, 0.5) is 0 Å². The molecular formula is C21H26N4O2. The van der Waals surface area contributed by atoms with Crippen LogP contribution in [0.2, 0.25) is 0 Å². The van der Waals surface area contributed by atoms with Crippen molar-refractivity contribution in [1.82, 2.24) is 20.0 Å². The van der Waals surface area contributed by atoms with Gasteiger partial charge >= 0.3 is 0 Å². The minimum absolute atomic E-state index is 0.273. The first-order valence-electron chi connectivity index (χ1n) is 9.83. The number of likely N-dealkylation sites (tertiary alicyclic amines) is 1. The lowest BCUT2D eigenvalue weighted by Crippen LogP contribution is -2.49. The highest BCUT2D eigenvalue weighted by Crippen LogP contribution is 2.55. The number of methoxy groups -OCH3 is 1. The van der Waals surface area contributed by atoms with Crippen molar-refractivity contribution < 1.29 is 9.53 Å². The molecule has 0 bridgehead atoms. The Morgan fingerprint density at radius 2 is 2.15 bits per heavy atom. The Kier molecular flexibility index (Phi) is 3.79. The molecule has 1 amide bonds. The van der Waals surface area contributed by atoms with Crippen molar-refractivity contribution in [1.29, 1.82) is 0 Å². The van der Waals surface area contributed by atoms with E-state index < -0.39 is 0 Å². The van der Waals surface area contributed by atoms with E-state index in [0.717, 1.165) is 55.1 Å². The van der Waals surface area contributed by atoms with E-state index in [2.05, 4.69) is 38.2 Å². The van der Waals surface area contributed by atoms with Gasteiger partial charge in [0, 0.05) is 24.7 Å². The van der Waals surface area contributed by atoms with Crippen molar-refractivity contribution in [3.8, 4) is 5.75 Å². The Bertz CT molecular complexity index is 861. The SMILES string of the molecule is COc1ccc(CN2C[C@@H]3C[C@@H](c4cc(C)[nH]n4)N4CCC[C@@]34C2=O)cc1. The molecular weight excluding hydrogens is 340 g/mol. The van der Waals surface area contributed by atoms with Gasteiger partial charge in [-0.25, -0.2) is 0 Å². The predicted molar refractivity (Wildman–Crippen MR) is 101 cm³/mol. The number of ether oxygens (including phenoxy) is 1. The summed E-state index contributed by atoms with van der Waals surface area (Å²) in [6.45, 7) is 4.56. The average Bonchev–Trinajstić information content (AvgIpc) is 3.40. The van der Waals surface area contributed by atoms with Gasteiger partial charge in [-0.3, -0.25) is 14.8 Å². The summed E-state index contributed by atoms with van der Waals surface area (Å²) in [4.78, 5) is 18.1. The molecule has 0 aliphatic carbocycles. The summed E-state index contributed by atoms with van der Waals surface area (Å²) in [5.41, 5.74) is 3.04. The molecule has 3 saturated heterocycles. The van der Waals surface area contributed by atoms with Gasteiger partial charge in [0.2, 0.25) is 5.91 Å². The molecule has 27 heavy (non-hydrogen) atoms. The molecule has 6 nitrogen and oxygen atoms in total. The number of aromatic nitrogens is 2. The average molecular weight is 366 g/mol. The Labute approximate surface area is 159 Å². The molecule has 1 spiro atoms. The zero-order valence-electron chi connectivity index (χ0n) is 15.9. The van der Waals surface area contributed by atoms with Crippen LogP contribution in [0, 0.1) is 12.8 Å². The van der Waals surface area contributed by atoms with Crippen LogP contribution in [0.15, 0.2) is 30.3 Å². The third-order valence-corrected chi connectivity index (χ3v) is 6.73. The lowest BCUT2D eigenvalue weighted by atomic mass is 9.85. The van der Waals surface area contributed by atoms with E-state index in [9.17, 15) is 4.79 Å². The topological polar surface area (TPSA) is 61.5 Å². The molecule has 1 N–H and O–H groups in total. The highest BCUT2D eigenvalue weighted by atomic mass is 16.5. The number of hydrogen-bond acceptors (Lipinski definition) is 4. The van der Waals surface area contributed by atoms with Gasteiger partial charge in [-0.2, -0.15) is 5.10 Å². The molecule has 6 heteroatoms. The molecule has 0 unspecified atom stereocenters. The maximum atomic E-state index is 13.5. The van der Waals surface area contributed by atoms with Gasteiger partial charge in [0.15, 0.2) is 0 Å². The van der Waals surface area contributed by atoms with Crippen molar-refractivity contribution >= 4 is 5.91 Å². The molecule has 1 aromatic heterocycles. The highest BCUT2D eigenvalue weighted by Gasteiger charge is 2.65. The molecule has 0 saturated carbocycles. The highest BCUT2D eigenvalue weighted by molar-refractivity contribution is 5.90. The monoisotopic (exact) mass is 366 g/mol. The fourth-order valence-corrected chi connectivity index (χ4v) is 5.56. The number of benzene rings is 1. The normalized spacial score (nSPS) is 30.0. The smallest absolute Gasteiger partial charge is 0.243 e. The van der Waals surface area contributed by atoms with Crippen LogP contribution in [0.1, 0.15) is 42.3 Å². The number of carbonyl (C=O) groups excluding carboxylic acids is 1. The number of rotatable bonds is 4. The maximum Gasteiger partial charge on any atom is 0.243 e. The zero-order valence-corrected chi connectivity index (χ0v) is 15.9. The van der Waals surface area contributed by atoms with E-state index in [1.807, 2.05) is 19.1 Å². The Balaban J connectivity index is 1.39. The van der Waals surface area contributed by atoms with Crippen LogP contribution < -0.4 is 4.74 Å². The second kappa shape index (κ2) is 6.09. The molecule has 4 heterocycles. The van der Waals surface area contributed by atoms with E-state index in [0.29, 0.717) is 18.4 Å². The van der Waals surface area contributed by atoms with Crippen LogP contribution in [0.3, 0.4) is 0 Å². The number of amides is 1. The number of nitrogens with one attached hydrogen (secondary N) is 1. The molecule has 1 aromatic carbocycles. The van der Waals surface area contributed by atoms with Crippen molar-refractivity contribution in [3.63, 3.8) is 0 Å². The quantitative estimate of drug-likeness (QED) is 0.904. The minimum atomic E-state index is -0.302. The third kappa shape index (κ3) is 2.42. The van der Waals surface area contributed by atoms with Gasteiger partial charge < -0.3 is 9.64 Å². The molecule has 3 atom stereocenters. The summed E-state index contributed by atoms with van der Waals surface area (Å²) in [5, 5.41) is 7.58. The van der Waals surface area contributed by atoms with E-state index in [1.165, 1.54) is 0 Å². The molecule has 0 radical (unpaired) electrons. The lowest BCUT2D eigenvalue weighted by molar-refractivity contribution is -0.137. The Morgan fingerprint density at radius 3 is 2.85 bits per heavy atom. The molecule has 3 aliphatic heterocycles. The lowest BCUT2D eigenvalue weighted by Gasteiger charge is -2.33. The van der Waals surface area contributed by atoms with Crippen molar-refractivity contribution in [2.45, 2.75) is 44.3 Å². The van der Waals surface area contributed by atoms with Crippen LogP contribution in [0.25, 0.3) is 0 Å². The second-order valence-corrected chi connectivity index (χ2v) is 8.18.